The van der Waals surface area contributed by atoms with E-state index in [9.17, 15) is 4.79 Å². The van der Waals surface area contributed by atoms with Crippen molar-refractivity contribution in [3.05, 3.63) is 52.9 Å². The monoisotopic (exact) mass is 313 g/mol. The lowest BCUT2D eigenvalue weighted by Gasteiger charge is -2.28. The average Bonchev–Trinajstić information content (AvgIpc) is 3.19. The lowest BCUT2D eigenvalue weighted by atomic mass is 10.1. The van der Waals surface area contributed by atoms with E-state index in [1.165, 1.54) is 18.4 Å². The molecule has 1 unspecified atom stereocenters. The Labute approximate surface area is 136 Å². The number of nitrogens with one attached hydrogen (secondary N) is 1. The third kappa shape index (κ3) is 3.45. The second-order valence-electron chi connectivity index (χ2n) is 6.08. The normalized spacial score (nSPS) is 16.4. The minimum Gasteiger partial charge on any atom is -0.361 e. The molecule has 0 radical (unpaired) electrons. The first-order valence-electron chi connectivity index (χ1n) is 8.17. The van der Waals surface area contributed by atoms with Crippen LogP contribution in [0.3, 0.4) is 0 Å². The minimum absolute atomic E-state index is 0.110. The van der Waals surface area contributed by atoms with Crippen LogP contribution in [0.5, 0.6) is 0 Å². The van der Waals surface area contributed by atoms with Gasteiger partial charge in [0.25, 0.3) is 5.91 Å². The fourth-order valence-electron chi connectivity index (χ4n) is 3.27. The predicted octanol–water partition coefficient (Wildman–Crippen LogP) is 2.86. The van der Waals surface area contributed by atoms with Gasteiger partial charge < -0.3 is 9.84 Å². The molecule has 1 atom stereocenters. The van der Waals surface area contributed by atoms with Crippen molar-refractivity contribution in [1.82, 2.24) is 15.4 Å². The summed E-state index contributed by atoms with van der Waals surface area (Å²) >= 11 is 0. The molecule has 1 aliphatic rings. The molecule has 23 heavy (non-hydrogen) atoms. The molecule has 1 aliphatic heterocycles. The zero-order valence-electron chi connectivity index (χ0n) is 13.7. The van der Waals surface area contributed by atoms with E-state index in [4.69, 9.17) is 4.52 Å². The van der Waals surface area contributed by atoms with E-state index in [0.717, 1.165) is 13.1 Å². The molecule has 1 aromatic carbocycles. The molecular weight excluding hydrogens is 290 g/mol. The van der Waals surface area contributed by atoms with Gasteiger partial charge in [-0.2, -0.15) is 0 Å². The van der Waals surface area contributed by atoms with Crippen molar-refractivity contribution in [3.63, 3.8) is 0 Å². The number of carbonyl (C=O) groups excluding carboxylic acids is 1. The van der Waals surface area contributed by atoms with Gasteiger partial charge in [0.15, 0.2) is 0 Å². The molecule has 1 fully saturated rings. The molecule has 5 nitrogen and oxygen atoms in total. The van der Waals surface area contributed by atoms with Crippen molar-refractivity contribution in [3.8, 4) is 0 Å². The number of amides is 1. The molecule has 1 aromatic heterocycles. The Hall–Kier alpha value is -2.14. The topological polar surface area (TPSA) is 58.4 Å². The third-order valence-corrected chi connectivity index (χ3v) is 4.48. The first-order valence-corrected chi connectivity index (χ1v) is 8.17. The summed E-state index contributed by atoms with van der Waals surface area (Å²) in [6, 6.07) is 10.6. The summed E-state index contributed by atoms with van der Waals surface area (Å²) in [4.78, 5) is 14.9. The average molecular weight is 313 g/mol. The van der Waals surface area contributed by atoms with Crippen molar-refractivity contribution >= 4 is 5.91 Å². The Morgan fingerprint density at radius 1 is 1.26 bits per heavy atom. The Balaban J connectivity index is 1.73. The summed E-state index contributed by atoms with van der Waals surface area (Å²) in [5, 5.41) is 6.92. The number of rotatable bonds is 5. The molecule has 1 amide bonds. The van der Waals surface area contributed by atoms with Gasteiger partial charge in [0.1, 0.15) is 11.3 Å². The molecule has 0 spiro atoms. The largest absolute Gasteiger partial charge is 0.361 e. The van der Waals surface area contributed by atoms with E-state index in [1.54, 1.807) is 13.8 Å². The highest BCUT2D eigenvalue weighted by Gasteiger charge is 2.25. The second-order valence-corrected chi connectivity index (χ2v) is 6.08. The quantitative estimate of drug-likeness (QED) is 0.922. The first kappa shape index (κ1) is 15.7. The highest BCUT2D eigenvalue weighted by molar-refractivity contribution is 5.96. The van der Waals surface area contributed by atoms with Gasteiger partial charge in [-0.15, -0.1) is 0 Å². The fraction of sp³-hybridized carbons (Fsp3) is 0.444. The fourth-order valence-corrected chi connectivity index (χ4v) is 3.27. The molecule has 5 heteroatoms. The van der Waals surface area contributed by atoms with Gasteiger partial charge in [-0.05, 0) is 45.3 Å². The maximum absolute atomic E-state index is 12.5. The number of hydrogen-bond donors (Lipinski definition) is 1. The molecule has 1 saturated heterocycles. The smallest absolute Gasteiger partial charge is 0.256 e. The van der Waals surface area contributed by atoms with E-state index in [-0.39, 0.29) is 11.9 Å². The Morgan fingerprint density at radius 2 is 1.96 bits per heavy atom. The van der Waals surface area contributed by atoms with E-state index < -0.39 is 0 Å². The highest BCUT2D eigenvalue weighted by atomic mass is 16.5. The van der Waals surface area contributed by atoms with Crippen molar-refractivity contribution in [2.24, 2.45) is 0 Å². The van der Waals surface area contributed by atoms with Crippen molar-refractivity contribution in [2.45, 2.75) is 32.7 Å². The van der Waals surface area contributed by atoms with Crippen LogP contribution in [-0.2, 0) is 0 Å². The Morgan fingerprint density at radius 3 is 2.57 bits per heavy atom. The summed E-state index contributed by atoms with van der Waals surface area (Å²) in [5.41, 5.74) is 2.43. The van der Waals surface area contributed by atoms with E-state index in [2.05, 4.69) is 39.6 Å². The first-order chi connectivity index (χ1) is 11.2. The molecule has 122 valence electrons. The zero-order chi connectivity index (χ0) is 16.2. The van der Waals surface area contributed by atoms with Gasteiger partial charge in [0, 0.05) is 6.54 Å². The number of hydrogen-bond acceptors (Lipinski definition) is 4. The van der Waals surface area contributed by atoms with Gasteiger partial charge in [0.05, 0.1) is 11.7 Å². The number of aryl methyl sites for hydroxylation is 2. The van der Waals surface area contributed by atoms with Crippen molar-refractivity contribution < 1.29 is 9.32 Å². The molecule has 3 rings (SSSR count). The van der Waals surface area contributed by atoms with Crippen LogP contribution in [0.2, 0.25) is 0 Å². The van der Waals surface area contributed by atoms with Gasteiger partial charge in [-0.25, -0.2) is 0 Å². The van der Waals surface area contributed by atoms with Crippen LogP contribution in [-0.4, -0.2) is 35.6 Å². The summed E-state index contributed by atoms with van der Waals surface area (Å²) in [6.45, 7) is 6.32. The van der Waals surface area contributed by atoms with Crippen LogP contribution < -0.4 is 5.32 Å². The maximum Gasteiger partial charge on any atom is 0.256 e. The lowest BCUT2D eigenvalue weighted by molar-refractivity contribution is 0.0936. The summed E-state index contributed by atoms with van der Waals surface area (Å²) in [5.74, 6) is 0.457. The molecule has 0 saturated carbocycles. The van der Waals surface area contributed by atoms with E-state index in [1.807, 2.05) is 6.07 Å². The molecule has 0 aliphatic carbocycles. The van der Waals surface area contributed by atoms with Crippen LogP contribution >= 0.6 is 0 Å². The molecule has 2 heterocycles. The predicted molar refractivity (Wildman–Crippen MR) is 88.3 cm³/mol. The second kappa shape index (κ2) is 6.96. The van der Waals surface area contributed by atoms with Gasteiger partial charge in [-0.3, -0.25) is 9.69 Å². The van der Waals surface area contributed by atoms with Crippen LogP contribution in [0, 0.1) is 13.8 Å². The van der Waals surface area contributed by atoms with Gasteiger partial charge >= 0.3 is 0 Å². The lowest BCUT2D eigenvalue weighted by Crippen LogP contribution is -2.37. The van der Waals surface area contributed by atoms with Crippen LogP contribution in [0.25, 0.3) is 0 Å². The minimum atomic E-state index is -0.110. The van der Waals surface area contributed by atoms with Crippen LogP contribution in [0.1, 0.15) is 46.3 Å². The summed E-state index contributed by atoms with van der Waals surface area (Å²) in [6.07, 6.45) is 2.45. The summed E-state index contributed by atoms with van der Waals surface area (Å²) < 4.78 is 5.09. The maximum atomic E-state index is 12.5. The standard InChI is InChI=1S/C18H23N3O2/c1-13-17(14(2)23-20-13)18(22)19-12-16(21-10-6-7-11-21)15-8-4-3-5-9-15/h3-5,8-9,16H,6-7,10-12H2,1-2H3,(H,19,22). The van der Waals surface area contributed by atoms with Gasteiger partial charge in [0.2, 0.25) is 0 Å². The van der Waals surface area contributed by atoms with Crippen molar-refractivity contribution in [2.75, 3.05) is 19.6 Å². The summed E-state index contributed by atoms with van der Waals surface area (Å²) in [7, 11) is 0. The zero-order valence-corrected chi connectivity index (χ0v) is 13.7. The molecular formula is C18H23N3O2. The number of likely N-dealkylation sites (tertiary alicyclic amines) is 1. The molecule has 2 aromatic rings. The van der Waals surface area contributed by atoms with Crippen LogP contribution in [0.4, 0.5) is 0 Å². The SMILES string of the molecule is Cc1noc(C)c1C(=O)NCC(c1ccccc1)N1CCCC1. The number of aromatic nitrogens is 1. The molecule has 0 bridgehead atoms. The van der Waals surface area contributed by atoms with Crippen molar-refractivity contribution in [1.29, 1.82) is 0 Å². The third-order valence-electron chi connectivity index (χ3n) is 4.48. The Bertz CT molecular complexity index is 641. The number of carbonyl (C=O) groups is 1. The molecule has 1 N–H and O–H groups in total. The van der Waals surface area contributed by atoms with E-state index in [0.29, 0.717) is 23.6 Å². The number of nitrogens with zero attached hydrogens (tertiary/aromatic N) is 2. The van der Waals surface area contributed by atoms with E-state index >= 15 is 0 Å². The Kier molecular flexibility index (Phi) is 4.76. The number of benzene rings is 1. The highest BCUT2D eigenvalue weighted by Crippen LogP contribution is 2.24. The van der Waals surface area contributed by atoms with Gasteiger partial charge in [-0.1, -0.05) is 35.5 Å². The van der Waals surface area contributed by atoms with Crippen LogP contribution in [0.15, 0.2) is 34.9 Å².